The van der Waals surface area contributed by atoms with Crippen molar-refractivity contribution in [3.8, 4) is 17.4 Å². The van der Waals surface area contributed by atoms with Crippen LogP contribution >= 0.6 is 0 Å². The van der Waals surface area contributed by atoms with Crippen LogP contribution < -0.4 is 20.5 Å². The van der Waals surface area contributed by atoms with Gasteiger partial charge in [-0.05, 0) is 42.3 Å². The molecule has 162 valence electrons. The number of hydrogen-bond acceptors (Lipinski definition) is 5. The first-order valence-electron chi connectivity index (χ1n) is 9.42. The summed E-state index contributed by atoms with van der Waals surface area (Å²) in [4.78, 5) is 16.0. The molecule has 0 amide bonds. The second-order valence-electron chi connectivity index (χ2n) is 6.87. The molecule has 0 fully saturated rings. The molecule has 0 aliphatic carbocycles. The molecule has 0 radical (unpaired) electrons. The van der Waals surface area contributed by atoms with Crippen molar-refractivity contribution >= 4 is 5.82 Å². The maximum Gasteiger partial charge on any atom is 0.419 e. The molecule has 2 heterocycles. The van der Waals surface area contributed by atoms with Gasteiger partial charge in [-0.15, -0.1) is 0 Å². The van der Waals surface area contributed by atoms with Crippen LogP contribution in [-0.2, 0) is 19.3 Å². The lowest BCUT2D eigenvalue weighted by molar-refractivity contribution is -0.140. The van der Waals surface area contributed by atoms with Gasteiger partial charge in [0.2, 0.25) is 5.88 Å². The SMILES string of the molecule is O=c1nc(OCc2ccc(Oc3ccc(F)c(C(F)(F)F)c3)cc2)cc2n1CCCN2. The van der Waals surface area contributed by atoms with Gasteiger partial charge in [-0.1, -0.05) is 12.1 Å². The fraction of sp³-hybridized carbons (Fsp3) is 0.238. The van der Waals surface area contributed by atoms with Gasteiger partial charge in [-0.2, -0.15) is 18.2 Å². The maximum atomic E-state index is 13.4. The molecule has 1 aromatic heterocycles. The van der Waals surface area contributed by atoms with Crippen molar-refractivity contribution in [3.63, 3.8) is 0 Å². The second-order valence-corrected chi connectivity index (χ2v) is 6.87. The normalized spacial score (nSPS) is 13.3. The summed E-state index contributed by atoms with van der Waals surface area (Å²) in [6, 6.07) is 10.5. The lowest BCUT2D eigenvalue weighted by Crippen LogP contribution is -2.30. The monoisotopic (exact) mass is 435 g/mol. The van der Waals surface area contributed by atoms with Crippen molar-refractivity contribution in [2.24, 2.45) is 0 Å². The van der Waals surface area contributed by atoms with Crippen LogP contribution in [0.15, 0.2) is 53.3 Å². The average Bonchev–Trinajstić information content (AvgIpc) is 2.74. The number of fused-ring (bicyclic) bond motifs is 1. The number of nitrogens with one attached hydrogen (secondary N) is 1. The van der Waals surface area contributed by atoms with Crippen molar-refractivity contribution in [1.29, 1.82) is 0 Å². The molecule has 2 aromatic carbocycles. The average molecular weight is 435 g/mol. The Labute approximate surface area is 174 Å². The zero-order valence-corrected chi connectivity index (χ0v) is 16.1. The van der Waals surface area contributed by atoms with Crippen molar-refractivity contribution < 1.29 is 27.0 Å². The highest BCUT2D eigenvalue weighted by atomic mass is 19.4. The van der Waals surface area contributed by atoms with Crippen LogP contribution in [0.2, 0.25) is 0 Å². The largest absolute Gasteiger partial charge is 0.473 e. The lowest BCUT2D eigenvalue weighted by atomic mass is 10.2. The molecule has 1 aliphatic heterocycles. The van der Waals surface area contributed by atoms with E-state index in [-0.39, 0.29) is 29.7 Å². The molecule has 6 nitrogen and oxygen atoms in total. The van der Waals surface area contributed by atoms with Gasteiger partial charge in [0.15, 0.2) is 0 Å². The van der Waals surface area contributed by atoms with Crippen LogP contribution in [0, 0.1) is 5.82 Å². The first-order valence-corrected chi connectivity index (χ1v) is 9.42. The van der Waals surface area contributed by atoms with E-state index in [0.717, 1.165) is 24.6 Å². The van der Waals surface area contributed by atoms with E-state index in [1.165, 1.54) is 0 Å². The van der Waals surface area contributed by atoms with Gasteiger partial charge >= 0.3 is 11.9 Å². The third kappa shape index (κ3) is 4.79. The Morgan fingerprint density at radius 3 is 2.55 bits per heavy atom. The number of benzene rings is 2. The number of alkyl halides is 3. The Hall–Kier alpha value is -3.56. The van der Waals surface area contributed by atoms with E-state index in [1.54, 1.807) is 34.9 Å². The molecule has 0 saturated carbocycles. The summed E-state index contributed by atoms with van der Waals surface area (Å²) in [6.45, 7) is 1.50. The topological polar surface area (TPSA) is 65.4 Å². The van der Waals surface area contributed by atoms with E-state index in [1.807, 2.05) is 0 Å². The predicted molar refractivity (Wildman–Crippen MR) is 104 cm³/mol. The van der Waals surface area contributed by atoms with E-state index < -0.39 is 17.6 Å². The molecule has 31 heavy (non-hydrogen) atoms. The summed E-state index contributed by atoms with van der Waals surface area (Å²) < 4.78 is 64.4. The van der Waals surface area contributed by atoms with Gasteiger partial charge < -0.3 is 14.8 Å². The Kier molecular flexibility index (Phi) is 5.53. The van der Waals surface area contributed by atoms with Gasteiger partial charge in [0.1, 0.15) is 29.7 Å². The van der Waals surface area contributed by atoms with Crippen molar-refractivity contribution in [2.45, 2.75) is 25.7 Å². The molecule has 0 unspecified atom stereocenters. The minimum Gasteiger partial charge on any atom is -0.473 e. The molecular weight excluding hydrogens is 418 g/mol. The van der Waals surface area contributed by atoms with E-state index in [4.69, 9.17) is 9.47 Å². The molecule has 1 N–H and O–H groups in total. The van der Waals surface area contributed by atoms with Gasteiger partial charge in [0.25, 0.3) is 0 Å². The lowest BCUT2D eigenvalue weighted by Gasteiger charge is -2.19. The second kappa shape index (κ2) is 8.29. The Morgan fingerprint density at radius 1 is 1.06 bits per heavy atom. The molecule has 1 aliphatic rings. The molecule has 0 bridgehead atoms. The van der Waals surface area contributed by atoms with Gasteiger partial charge in [-0.3, -0.25) is 4.57 Å². The zero-order chi connectivity index (χ0) is 22.0. The van der Waals surface area contributed by atoms with Gasteiger partial charge in [-0.25, -0.2) is 9.18 Å². The third-order valence-corrected chi connectivity index (χ3v) is 4.64. The predicted octanol–water partition coefficient (Wildman–Crippen LogP) is 4.59. The first kappa shape index (κ1) is 20.7. The number of rotatable bonds is 5. The highest BCUT2D eigenvalue weighted by molar-refractivity contribution is 5.40. The van der Waals surface area contributed by atoms with Crippen LogP contribution in [0.3, 0.4) is 0 Å². The molecule has 0 saturated heterocycles. The van der Waals surface area contributed by atoms with Crippen molar-refractivity contribution in [1.82, 2.24) is 9.55 Å². The van der Waals surface area contributed by atoms with Crippen LogP contribution in [0.1, 0.15) is 17.5 Å². The highest BCUT2D eigenvalue weighted by Crippen LogP contribution is 2.34. The minimum absolute atomic E-state index is 0.130. The summed E-state index contributed by atoms with van der Waals surface area (Å²) in [5.74, 6) is -0.376. The molecular formula is C21H17F4N3O3. The van der Waals surface area contributed by atoms with Gasteiger partial charge in [0.05, 0.1) is 5.56 Å². The fourth-order valence-corrected chi connectivity index (χ4v) is 3.11. The van der Waals surface area contributed by atoms with E-state index in [2.05, 4.69) is 10.3 Å². The van der Waals surface area contributed by atoms with Crippen molar-refractivity contribution in [3.05, 3.63) is 76.0 Å². The number of halogens is 4. The van der Waals surface area contributed by atoms with Gasteiger partial charge in [0, 0.05) is 19.2 Å². The molecule has 10 heteroatoms. The standard InChI is InChI=1S/C21H17F4N3O3/c22-17-7-6-15(10-16(17)21(23,24)25)31-14-4-2-13(3-5-14)12-30-19-11-18-26-8-1-9-28(18)20(29)27-19/h2-7,10-11,26H,1,8-9,12H2. The van der Waals surface area contributed by atoms with Crippen molar-refractivity contribution in [2.75, 3.05) is 11.9 Å². The van der Waals surface area contributed by atoms with E-state index in [0.29, 0.717) is 24.5 Å². The molecule has 4 rings (SSSR count). The zero-order valence-electron chi connectivity index (χ0n) is 16.1. The Balaban J connectivity index is 1.41. The number of nitrogens with zero attached hydrogens (tertiary/aromatic N) is 2. The molecule has 0 spiro atoms. The van der Waals surface area contributed by atoms with Crippen LogP contribution in [0.5, 0.6) is 17.4 Å². The fourth-order valence-electron chi connectivity index (χ4n) is 3.11. The summed E-state index contributed by atoms with van der Waals surface area (Å²) in [5, 5.41) is 3.12. The molecule has 0 atom stereocenters. The van der Waals surface area contributed by atoms with Crippen LogP contribution in [-0.4, -0.2) is 16.1 Å². The minimum atomic E-state index is -4.81. The Morgan fingerprint density at radius 2 is 1.81 bits per heavy atom. The van der Waals surface area contributed by atoms with Crippen LogP contribution in [0.4, 0.5) is 23.4 Å². The number of aromatic nitrogens is 2. The van der Waals surface area contributed by atoms with Crippen LogP contribution in [0.25, 0.3) is 0 Å². The number of hydrogen-bond donors (Lipinski definition) is 1. The molecule has 3 aromatic rings. The number of anilines is 1. The summed E-state index contributed by atoms with van der Waals surface area (Å²) in [5.41, 5.74) is -1.05. The Bertz CT molecular complexity index is 1140. The number of ether oxygens (including phenoxy) is 2. The summed E-state index contributed by atoms with van der Waals surface area (Å²) in [7, 11) is 0. The third-order valence-electron chi connectivity index (χ3n) is 4.64. The quantitative estimate of drug-likeness (QED) is 0.594. The summed E-state index contributed by atoms with van der Waals surface area (Å²) in [6.07, 6.45) is -3.97. The summed E-state index contributed by atoms with van der Waals surface area (Å²) >= 11 is 0. The highest BCUT2D eigenvalue weighted by Gasteiger charge is 2.34. The smallest absolute Gasteiger partial charge is 0.419 e. The first-order chi connectivity index (χ1) is 14.8. The van der Waals surface area contributed by atoms with E-state index >= 15 is 0 Å². The maximum absolute atomic E-state index is 13.4. The van der Waals surface area contributed by atoms with E-state index in [9.17, 15) is 22.4 Å².